The Kier molecular flexibility index (Phi) is 4.70. The van der Waals surface area contributed by atoms with Gasteiger partial charge in [0.25, 0.3) is 0 Å². The first kappa shape index (κ1) is 13.4. The standard InChI is InChI=1S/C11H21N3OS/c1-11(2,15-5)8-12-6-9-7-13-10(16-9)14(3)4/h7,12H,6,8H2,1-5H3. The first-order valence-electron chi connectivity index (χ1n) is 5.32. The minimum absolute atomic E-state index is 0.116. The van der Waals surface area contributed by atoms with Gasteiger partial charge in [-0.15, -0.1) is 11.3 Å². The zero-order chi connectivity index (χ0) is 12.2. The predicted octanol–water partition coefficient (Wildman–Crippen LogP) is 1.72. The second kappa shape index (κ2) is 5.61. The van der Waals surface area contributed by atoms with Gasteiger partial charge in [0.05, 0.1) is 5.60 Å². The molecular formula is C11H21N3OS. The van der Waals surface area contributed by atoms with E-state index in [1.165, 1.54) is 4.88 Å². The average Bonchev–Trinajstić information content (AvgIpc) is 2.66. The molecule has 0 fully saturated rings. The molecule has 1 rings (SSSR count). The van der Waals surface area contributed by atoms with Gasteiger partial charge in [0, 0.05) is 45.4 Å². The predicted molar refractivity (Wildman–Crippen MR) is 69.2 cm³/mol. The van der Waals surface area contributed by atoms with E-state index in [9.17, 15) is 0 Å². The van der Waals surface area contributed by atoms with E-state index in [0.717, 1.165) is 18.2 Å². The van der Waals surface area contributed by atoms with Crippen LogP contribution in [-0.2, 0) is 11.3 Å². The summed E-state index contributed by atoms with van der Waals surface area (Å²) in [5.41, 5.74) is -0.116. The maximum atomic E-state index is 5.34. The third-order valence-electron chi connectivity index (χ3n) is 2.33. The zero-order valence-corrected chi connectivity index (χ0v) is 11.5. The summed E-state index contributed by atoms with van der Waals surface area (Å²) in [4.78, 5) is 7.59. The molecule has 1 heterocycles. The molecular weight excluding hydrogens is 222 g/mol. The van der Waals surface area contributed by atoms with Crippen LogP contribution >= 0.6 is 11.3 Å². The normalized spacial score (nSPS) is 11.8. The molecule has 0 atom stereocenters. The summed E-state index contributed by atoms with van der Waals surface area (Å²) in [6.45, 7) is 5.81. The van der Waals surface area contributed by atoms with Crippen molar-refractivity contribution in [2.45, 2.75) is 26.0 Å². The molecule has 0 aliphatic rings. The van der Waals surface area contributed by atoms with Crippen molar-refractivity contribution < 1.29 is 4.74 Å². The van der Waals surface area contributed by atoms with Crippen LogP contribution in [0.1, 0.15) is 18.7 Å². The van der Waals surface area contributed by atoms with E-state index in [4.69, 9.17) is 4.74 Å². The number of nitrogens with one attached hydrogen (secondary N) is 1. The second-order valence-electron chi connectivity index (χ2n) is 4.57. The van der Waals surface area contributed by atoms with Crippen molar-refractivity contribution in [3.8, 4) is 0 Å². The molecule has 0 aliphatic heterocycles. The molecule has 0 radical (unpaired) electrons. The maximum Gasteiger partial charge on any atom is 0.185 e. The largest absolute Gasteiger partial charge is 0.377 e. The lowest BCUT2D eigenvalue weighted by atomic mass is 10.1. The van der Waals surface area contributed by atoms with E-state index in [1.54, 1.807) is 18.4 Å². The highest BCUT2D eigenvalue weighted by Crippen LogP contribution is 2.20. The van der Waals surface area contributed by atoms with Crippen molar-refractivity contribution >= 4 is 16.5 Å². The Labute approximate surface area is 102 Å². The molecule has 16 heavy (non-hydrogen) atoms. The molecule has 5 heteroatoms. The Morgan fingerprint density at radius 1 is 1.50 bits per heavy atom. The molecule has 0 amide bonds. The summed E-state index contributed by atoms with van der Waals surface area (Å²) in [6, 6.07) is 0. The number of aromatic nitrogens is 1. The van der Waals surface area contributed by atoms with Crippen molar-refractivity contribution in [1.82, 2.24) is 10.3 Å². The monoisotopic (exact) mass is 243 g/mol. The van der Waals surface area contributed by atoms with Crippen LogP contribution in [0, 0.1) is 0 Å². The fourth-order valence-corrected chi connectivity index (χ4v) is 1.95. The molecule has 1 aromatic heterocycles. The van der Waals surface area contributed by atoms with Crippen molar-refractivity contribution in [3.05, 3.63) is 11.1 Å². The Bertz CT molecular complexity index is 323. The number of thiazole rings is 1. The molecule has 0 unspecified atom stereocenters. The quantitative estimate of drug-likeness (QED) is 0.825. The molecule has 0 aromatic carbocycles. The summed E-state index contributed by atoms with van der Waals surface area (Å²) in [5.74, 6) is 0. The fourth-order valence-electron chi connectivity index (χ4n) is 1.14. The lowest BCUT2D eigenvalue weighted by Crippen LogP contribution is -2.36. The molecule has 0 saturated carbocycles. The first-order valence-corrected chi connectivity index (χ1v) is 6.14. The topological polar surface area (TPSA) is 37.4 Å². The van der Waals surface area contributed by atoms with E-state index >= 15 is 0 Å². The molecule has 92 valence electrons. The van der Waals surface area contributed by atoms with Crippen LogP contribution in [0.3, 0.4) is 0 Å². The first-order chi connectivity index (χ1) is 7.44. The summed E-state index contributed by atoms with van der Waals surface area (Å²) in [7, 11) is 5.74. The van der Waals surface area contributed by atoms with Crippen molar-refractivity contribution in [1.29, 1.82) is 0 Å². The molecule has 4 nitrogen and oxygen atoms in total. The van der Waals surface area contributed by atoms with Gasteiger partial charge < -0.3 is 15.0 Å². The van der Waals surface area contributed by atoms with Gasteiger partial charge in [-0.1, -0.05) is 0 Å². The van der Waals surface area contributed by atoms with Crippen LogP contribution in [0.4, 0.5) is 5.13 Å². The van der Waals surface area contributed by atoms with E-state index in [2.05, 4.69) is 24.1 Å². The van der Waals surface area contributed by atoms with Crippen molar-refractivity contribution in [3.63, 3.8) is 0 Å². The number of ether oxygens (including phenoxy) is 1. The van der Waals surface area contributed by atoms with Gasteiger partial charge >= 0.3 is 0 Å². The van der Waals surface area contributed by atoms with E-state index in [-0.39, 0.29) is 5.60 Å². The maximum absolute atomic E-state index is 5.34. The molecule has 0 bridgehead atoms. The van der Waals surface area contributed by atoms with Gasteiger partial charge in [-0.2, -0.15) is 0 Å². The van der Waals surface area contributed by atoms with E-state index in [0.29, 0.717) is 0 Å². The summed E-state index contributed by atoms with van der Waals surface area (Å²) in [6.07, 6.45) is 1.92. The smallest absolute Gasteiger partial charge is 0.185 e. The lowest BCUT2D eigenvalue weighted by Gasteiger charge is -2.22. The second-order valence-corrected chi connectivity index (χ2v) is 5.66. The molecule has 1 N–H and O–H groups in total. The molecule has 1 aromatic rings. The highest BCUT2D eigenvalue weighted by atomic mass is 32.1. The Morgan fingerprint density at radius 3 is 2.69 bits per heavy atom. The number of methoxy groups -OCH3 is 1. The Morgan fingerprint density at radius 2 is 2.19 bits per heavy atom. The van der Waals surface area contributed by atoms with Crippen molar-refractivity contribution in [2.24, 2.45) is 0 Å². The lowest BCUT2D eigenvalue weighted by molar-refractivity contribution is 0.0231. The SMILES string of the molecule is COC(C)(C)CNCc1cnc(N(C)C)s1. The Balaban J connectivity index is 2.37. The van der Waals surface area contributed by atoms with Gasteiger partial charge in [-0.3, -0.25) is 0 Å². The summed E-state index contributed by atoms with van der Waals surface area (Å²) < 4.78 is 5.34. The Hall–Kier alpha value is -0.650. The van der Waals surface area contributed by atoms with Gasteiger partial charge in [0.15, 0.2) is 5.13 Å². The fraction of sp³-hybridized carbons (Fsp3) is 0.727. The number of anilines is 1. The summed E-state index contributed by atoms with van der Waals surface area (Å²) in [5, 5.41) is 4.42. The van der Waals surface area contributed by atoms with Crippen molar-refractivity contribution in [2.75, 3.05) is 32.6 Å². The molecule has 0 aliphatic carbocycles. The van der Waals surface area contributed by atoms with E-state index in [1.807, 2.05) is 25.2 Å². The number of hydrogen-bond donors (Lipinski definition) is 1. The van der Waals surface area contributed by atoms with Crippen LogP contribution in [-0.4, -0.2) is 38.3 Å². The number of nitrogens with zero attached hydrogens (tertiary/aromatic N) is 2. The van der Waals surface area contributed by atoms with Crippen LogP contribution in [0.2, 0.25) is 0 Å². The zero-order valence-electron chi connectivity index (χ0n) is 10.7. The molecule has 0 spiro atoms. The third kappa shape index (κ3) is 4.08. The number of hydrogen-bond acceptors (Lipinski definition) is 5. The van der Waals surface area contributed by atoms with E-state index < -0.39 is 0 Å². The summed E-state index contributed by atoms with van der Waals surface area (Å²) >= 11 is 1.71. The van der Waals surface area contributed by atoms with Gasteiger partial charge in [-0.25, -0.2) is 4.98 Å². The minimum atomic E-state index is -0.116. The third-order valence-corrected chi connectivity index (χ3v) is 3.49. The van der Waals surface area contributed by atoms with Gasteiger partial charge in [0.2, 0.25) is 0 Å². The van der Waals surface area contributed by atoms with Crippen LogP contribution < -0.4 is 10.2 Å². The average molecular weight is 243 g/mol. The van der Waals surface area contributed by atoms with Gasteiger partial charge in [0.1, 0.15) is 0 Å². The minimum Gasteiger partial charge on any atom is -0.377 e. The molecule has 0 saturated heterocycles. The van der Waals surface area contributed by atoms with Crippen LogP contribution in [0.25, 0.3) is 0 Å². The highest BCUT2D eigenvalue weighted by Gasteiger charge is 2.15. The highest BCUT2D eigenvalue weighted by molar-refractivity contribution is 7.15. The van der Waals surface area contributed by atoms with Crippen LogP contribution in [0.5, 0.6) is 0 Å². The van der Waals surface area contributed by atoms with Gasteiger partial charge in [-0.05, 0) is 13.8 Å². The van der Waals surface area contributed by atoms with Crippen LogP contribution in [0.15, 0.2) is 6.20 Å². The number of rotatable bonds is 6.